The van der Waals surface area contributed by atoms with Gasteiger partial charge in [-0.1, -0.05) is 66.2 Å². The van der Waals surface area contributed by atoms with E-state index in [1.54, 1.807) is 0 Å². The van der Waals surface area contributed by atoms with Crippen LogP contribution in [-0.2, 0) is 0 Å². The molecular formula is C25H25N3. The fourth-order valence-corrected chi connectivity index (χ4v) is 3.83. The van der Waals surface area contributed by atoms with Crippen molar-refractivity contribution < 1.29 is 0 Å². The number of anilines is 2. The Labute approximate surface area is 166 Å². The Morgan fingerprint density at radius 3 is 1.96 bits per heavy atom. The van der Waals surface area contributed by atoms with E-state index < -0.39 is 0 Å². The summed E-state index contributed by atoms with van der Waals surface area (Å²) in [4.78, 5) is 7.15. The topological polar surface area (TPSA) is 21.1 Å². The molecular weight excluding hydrogens is 342 g/mol. The molecule has 0 aliphatic heterocycles. The van der Waals surface area contributed by atoms with E-state index in [1.807, 2.05) is 12.1 Å². The molecule has 1 aromatic heterocycles. The zero-order valence-corrected chi connectivity index (χ0v) is 16.8. The second-order valence-corrected chi connectivity index (χ2v) is 7.30. The standard InChI is InChI=1S/C25H25N3/c1-18-15-19(2)24(20(3)16-18)28-17-23(27(4)22-13-9-6-10-14-22)26-25(28)21-11-7-5-8-12-21/h5-17H,1-4H3. The van der Waals surface area contributed by atoms with Crippen LogP contribution in [0.1, 0.15) is 16.7 Å². The highest BCUT2D eigenvalue weighted by Crippen LogP contribution is 2.32. The van der Waals surface area contributed by atoms with Gasteiger partial charge in [-0.25, -0.2) is 4.98 Å². The quantitative estimate of drug-likeness (QED) is 0.426. The van der Waals surface area contributed by atoms with Crippen LogP contribution in [0.3, 0.4) is 0 Å². The van der Waals surface area contributed by atoms with Gasteiger partial charge in [-0.15, -0.1) is 0 Å². The van der Waals surface area contributed by atoms with E-state index >= 15 is 0 Å². The lowest BCUT2D eigenvalue weighted by Crippen LogP contribution is -2.09. The van der Waals surface area contributed by atoms with Gasteiger partial charge in [0.1, 0.15) is 5.82 Å². The zero-order chi connectivity index (χ0) is 19.7. The summed E-state index contributed by atoms with van der Waals surface area (Å²) < 4.78 is 2.23. The van der Waals surface area contributed by atoms with E-state index in [1.165, 1.54) is 22.4 Å². The molecule has 0 N–H and O–H groups in total. The molecule has 4 aromatic rings. The number of rotatable bonds is 4. The molecule has 0 unspecified atom stereocenters. The van der Waals surface area contributed by atoms with Gasteiger partial charge < -0.3 is 4.90 Å². The van der Waals surface area contributed by atoms with Crippen LogP contribution in [0.2, 0.25) is 0 Å². The first-order valence-electron chi connectivity index (χ1n) is 9.56. The number of imidazole rings is 1. The van der Waals surface area contributed by atoms with Crippen molar-refractivity contribution in [3.63, 3.8) is 0 Å². The van der Waals surface area contributed by atoms with Crippen molar-refractivity contribution in [2.75, 3.05) is 11.9 Å². The summed E-state index contributed by atoms with van der Waals surface area (Å²) in [6.45, 7) is 6.49. The summed E-state index contributed by atoms with van der Waals surface area (Å²) in [5.74, 6) is 1.87. The van der Waals surface area contributed by atoms with E-state index in [-0.39, 0.29) is 0 Å². The average molecular weight is 367 g/mol. The monoisotopic (exact) mass is 367 g/mol. The van der Waals surface area contributed by atoms with Crippen molar-refractivity contribution in [3.05, 3.63) is 95.7 Å². The Balaban J connectivity index is 1.92. The largest absolute Gasteiger partial charge is 0.328 e. The molecule has 0 saturated carbocycles. The third kappa shape index (κ3) is 3.31. The maximum absolute atomic E-state index is 5.03. The minimum Gasteiger partial charge on any atom is -0.328 e. The van der Waals surface area contributed by atoms with E-state index in [0.717, 1.165) is 22.9 Å². The molecule has 1 heterocycles. The summed E-state index contributed by atoms with van der Waals surface area (Å²) in [5.41, 5.74) is 7.20. The van der Waals surface area contributed by atoms with Crippen molar-refractivity contribution in [3.8, 4) is 17.1 Å². The fraction of sp³-hybridized carbons (Fsp3) is 0.160. The maximum Gasteiger partial charge on any atom is 0.152 e. The minimum absolute atomic E-state index is 0.921. The maximum atomic E-state index is 5.03. The predicted octanol–water partition coefficient (Wildman–Crippen LogP) is 6.23. The fourth-order valence-electron chi connectivity index (χ4n) is 3.83. The van der Waals surface area contributed by atoms with Crippen molar-refractivity contribution >= 4 is 11.5 Å². The Bertz CT molecular complexity index is 1070. The third-order valence-electron chi connectivity index (χ3n) is 5.09. The van der Waals surface area contributed by atoms with Crippen LogP contribution >= 0.6 is 0 Å². The molecule has 0 fully saturated rings. The number of aromatic nitrogens is 2. The summed E-state index contributed by atoms with van der Waals surface area (Å²) in [6.07, 6.45) is 2.14. The van der Waals surface area contributed by atoms with Gasteiger partial charge in [0.05, 0.1) is 11.9 Å². The second-order valence-electron chi connectivity index (χ2n) is 7.30. The highest BCUT2D eigenvalue weighted by atomic mass is 15.2. The number of hydrogen-bond donors (Lipinski definition) is 0. The minimum atomic E-state index is 0.921. The van der Waals surface area contributed by atoms with Gasteiger partial charge in [-0.05, 0) is 44.0 Å². The van der Waals surface area contributed by atoms with Gasteiger partial charge in [0.2, 0.25) is 0 Å². The van der Waals surface area contributed by atoms with Crippen LogP contribution in [0.4, 0.5) is 11.5 Å². The molecule has 0 spiro atoms. The first kappa shape index (κ1) is 18.1. The molecule has 0 aliphatic carbocycles. The van der Waals surface area contributed by atoms with Gasteiger partial charge in [-0.2, -0.15) is 0 Å². The third-order valence-corrected chi connectivity index (χ3v) is 5.09. The van der Waals surface area contributed by atoms with Gasteiger partial charge in [0, 0.05) is 18.3 Å². The zero-order valence-electron chi connectivity index (χ0n) is 16.8. The molecule has 4 rings (SSSR count). The summed E-state index contributed by atoms with van der Waals surface area (Å²) >= 11 is 0. The van der Waals surface area contributed by atoms with E-state index in [0.29, 0.717) is 0 Å². The lowest BCUT2D eigenvalue weighted by atomic mass is 10.0. The van der Waals surface area contributed by atoms with Crippen LogP contribution in [0.5, 0.6) is 0 Å². The molecule has 0 radical (unpaired) electrons. The SMILES string of the molecule is Cc1cc(C)c(-n2cc(N(C)c3ccccc3)nc2-c2ccccc2)c(C)c1. The first-order valence-corrected chi connectivity index (χ1v) is 9.56. The van der Waals surface area contributed by atoms with E-state index in [4.69, 9.17) is 4.98 Å². The van der Waals surface area contributed by atoms with Crippen molar-refractivity contribution in [1.29, 1.82) is 0 Å². The molecule has 0 atom stereocenters. The number of benzene rings is 3. The normalized spacial score (nSPS) is 10.9. The Kier molecular flexibility index (Phi) is 4.74. The van der Waals surface area contributed by atoms with Crippen LogP contribution < -0.4 is 4.90 Å². The molecule has 140 valence electrons. The van der Waals surface area contributed by atoms with Gasteiger partial charge in [0.25, 0.3) is 0 Å². The van der Waals surface area contributed by atoms with Crippen LogP contribution in [0.25, 0.3) is 17.1 Å². The van der Waals surface area contributed by atoms with Gasteiger partial charge >= 0.3 is 0 Å². The molecule has 3 nitrogen and oxygen atoms in total. The Morgan fingerprint density at radius 1 is 0.786 bits per heavy atom. The molecule has 0 amide bonds. The average Bonchev–Trinajstić information content (AvgIpc) is 3.13. The lowest BCUT2D eigenvalue weighted by molar-refractivity contribution is 1.03. The predicted molar refractivity (Wildman–Crippen MR) is 118 cm³/mol. The lowest BCUT2D eigenvalue weighted by Gasteiger charge is -2.16. The molecule has 0 aliphatic rings. The summed E-state index contributed by atoms with van der Waals surface area (Å²) in [7, 11) is 2.06. The molecule has 28 heavy (non-hydrogen) atoms. The van der Waals surface area contributed by atoms with E-state index in [2.05, 4.69) is 104 Å². The molecule has 3 heteroatoms. The number of hydrogen-bond acceptors (Lipinski definition) is 2. The molecule has 3 aromatic carbocycles. The Morgan fingerprint density at radius 2 is 1.36 bits per heavy atom. The van der Waals surface area contributed by atoms with Crippen molar-refractivity contribution in [1.82, 2.24) is 9.55 Å². The van der Waals surface area contributed by atoms with Crippen LogP contribution in [-0.4, -0.2) is 16.6 Å². The van der Waals surface area contributed by atoms with Crippen LogP contribution in [0.15, 0.2) is 79.0 Å². The van der Waals surface area contributed by atoms with Gasteiger partial charge in [-0.3, -0.25) is 4.57 Å². The van der Waals surface area contributed by atoms with Gasteiger partial charge in [0.15, 0.2) is 5.82 Å². The number of aryl methyl sites for hydroxylation is 3. The smallest absolute Gasteiger partial charge is 0.152 e. The highest BCUT2D eigenvalue weighted by Gasteiger charge is 2.17. The van der Waals surface area contributed by atoms with E-state index in [9.17, 15) is 0 Å². The van der Waals surface area contributed by atoms with Crippen molar-refractivity contribution in [2.24, 2.45) is 0 Å². The number of nitrogens with zero attached hydrogens (tertiary/aromatic N) is 3. The molecule has 0 saturated heterocycles. The van der Waals surface area contributed by atoms with Crippen molar-refractivity contribution in [2.45, 2.75) is 20.8 Å². The Hall–Kier alpha value is -3.33. The number of para-hydroxylation sites is 1. The summed E-state index contributed by atoms with van der Waals surface area (Å²) in [5, 5.41) is 0. The van der Waals surface area contributed by atoms with Crippen LogP contribution in [0, 0.1) is 20.8 Å². The molecule has 0 bridgehead atoms. The highest BCUT2D eigenvalue weighted by molar-refractivity contribution is 5.68. The second kappa shape index (κ2) is 7.35. The first-order chi connectivity index (χ1) is 13.5. The summed E-state index contributed by atoms with van der Waals surface area (Å²) in [6, 6.07) is 25.2.